The minimum atomic E-state index is -0.157. The molecule has 2 aromatic heterocycles. The van der Waals surface area contributed by atoms with Crippen LogP contribution < -0.4 is 5.32 Å². The average molecular weight is 392 g/mol. The zero-order valence-electron chi connectivity index (χ0n) is 14.8. The van der Waals surface area contributed by atoms with Crippen molar-refractivity contribution in [2.45, 2.75) is 39.7 Å². The third kappa shape index (κ3) is 3.81. The van der Waals surface area contributed by atoms with Crippen molar-refractivity contribution in [2.75, 3.05) is 0 Å². The first-order valence-corrected chi connectivity index (χ1v) is 9.02. The molecule has 136 valence electrons. The molecule has 0 aliphatic rings. The number of amides is 1. The smallest absolute Gasteiger partial charge is 0.252 e. The number of nitrogens with one attached hydrogen (secondary N) is 1. The summed E-state index contributed by atoms with van der Waals surface area (Å²) < 4.78 is 1.69. The van der Waals surface area contributed by atoms with Gasteiger partial charge in [0, 0.05) is 17.8 Å². The Morgan fingerprint density at radius 3 is 2.77 bits per heavy atom. The number of aromatic nitrogens is 4. The lowest BCUT2D eigenvalue weighted by molar-refractivity contribution is -0.121. The van der Waals surface area contributed by atoms with Crippen LogP contribution in [0.5, 0.6) is 0 Å². The maximum atomic E-state index is 12.4. The summed E-state index contributed by atoms with van der Waals surface area (Å²) in [6.45, 7) is 5.80. The number of nitrogens with zero attached hydrogens (tertiary/aromatic N) is 4. The van der Waals surface area contributed by atoms with E-state index in [-0.39, 0.29) is 11.9 Å². The van der Waals surface area contributed by atoms with Crippen molar-refractivity contribution in [3.8, 4) is 0 Å². The Labute approximate surface area is 161 Å². The van der Waals surface area contributed by atoms with E-state index in [0.29, 0.717) is 28.7 Å². The molecule has 2 heterocycles. The van der Waals surface area contributed by atoms with E-state index >= 15 is 0 Å². The van der Waals surface area contributed by atoms with Crippen molar-refractivity contribution in [2.24, 2.45) is 0 Å². The third-order valence-electron chi connectivity index (χ3n) is 4.41. The molecule has 0 spiro atoms. The number of rotatable bonds is 5. The lowest BCUT2D eigenvalue weighted by atomic mass is 10.1. The number of carbonyl (C=O) groups is 1. The predicted octanol–water partition coefficient (Wildman–Crippen LogP) is 3.86. The molecule has 0 aliphatic carbocycles. The summed E-state index contributed by atoms with van der Waals surface area (Å²) in [5.74, 6) is 0.530. The number of hydrogen-bond donors (Lipinski definition) is 1. The van der Waals surface area contributed by atoms with E-state index in [0.717, 1.165) is 22.5 Å². The van der Waals surface area contributed by atoms with Gasteiger partial charge in [-0.1, -0.05) is 29.3 Å². The van der Waals surface area contributed by atoms with Crippen molar-refractivity contribution in [3.63, 3.8) is 0 Å². The van der Waals surface area contributed by atoms with E-state index in [1.807, 2.05) is 26.8 Å². The Balaban J connectivity index is 1.66. The molecular formula is C18H19Cl2N5O. The highest BCUT2D eigenvalue weighted by Crippen LogP contribution is 2.25. The monoisotopic (exact) mass is 391 g/mol. The Morgan fingerprint density at radius 1 is 1.27 bits per heavy atom. The van der Waals surface area contributed by atoms with E-state index < -0.39 is 0 Å². The van der Waals surface area contributed by atoms with Crippen LogP contribution in [0.15, 0.2) is 24.5 Å². The molecule has 1 aromatic carbocycles. The molecule has 0 radical (unpaired) electrons. The Hall–Kier alpha value is -2.18. The molecule has 0 saturated heterocycles. The summed E-state index contributed by atoms with van der Waals surface area (Å²) >= 11 is 12.0. The Bertz CT molecular complexity index is 970. The molecule has 26 heavy (non-hydrogen) atoms. The van der Waals surface area contributed by atoms with E-state index in [1.165, 1.54) is 6.33 Å². The molecule has 6 nitrogen and oxygen atoms in total. The number of fused-ring (bicyclic) bond motifs is 1. The summed E-state index contributed by atoms with van der Waals surface area (Å²) in [7, 11) is 0. The molecule has 0 aliphatic heterocycles. The summed E-state index contributed by atoms with van der Waals surface area (Å²) in [6.07, 6.45) is 2.42. The third-order valence-corrected chi connectivity index (χ3v) is 5.15. The normalized spacial score (nSPS) is 12.3. The molecule has 0 unspecified atom stereocenters. The maximum Gasteiger partial charge on any atom is 0.252 e. The predicted molar refractivity (Wildman–Crippen MR) is 102 cm³/mol. The summed E-state index contributed by atoms with van der Waals surface area (Å²) in [5, 5.41) is 8.13. The number of halogens is 2. The van der Waals surface area contributed by atoms with Gasteiger partial charge in [-0.05, 0) is 50.5 Å². The summed E-state index contributed by atoms with van der Waals surface area (Å²) in [5.41, 5.74) is 3.75. The first-order chi connectivity index (χ1) is 12.4. The van der Waals surface area contributed by atoms with Crippen molar-refractivity contribution in [1.82, 2.24) is 24.9 Å². The van der Waals surface area contributed by atoms with Gasteiger partial charge in [0.2, 0.25) is 5.91 Å². The molecule has 3 aromatic rings. The topological polar surface area (TPSA) is 72.2 Å². The van der Waals surface area contributed by atoms with Crippen molar-refractivity contribution in [3.05, 3.63) is 57.1 Å². The van der Waals surface area contributed by atoms with Crippen molar-refractivity contribution >= 4 is 34.9 Å². The van der Waals surface area contributed by atoms with E-state index in [9.17, 15) is 4.79 Å². The second-order valence-corrected chi connectivity index (χ2v) is 7.01. The van der Waals surface area contributed by atoms with Crippen molar-refractivity contribution < 1.29 is 4.79 Å². The Morgan fingerprint density at radius 2 is 2.04 bits per heavy atom. The van der Waals surface area contributed by atoms with Crippen LogP contribution >= 0.6 is 23.2 Å². The number of aryl methyl sites for hydroxylation is 2. The fourth-order valence-electron chi connectivity index (χ4n) is 2.93. The van der Waals surface area contributed by atoms with Gasteiger partial charge in [-0.25, -0.2) is 9.50 Å². The van der Waals surface area contributed by atoms with Crippen LogP contribution in [-0.2, 0) is 11.2 Å². The van der Waals surface area contributed by atoms with E-state index in [4.69, 9.17) is 23.2 Å². The molecule has 0 saturated carbocycles. The number of hydrogen-bond acceptors (Lipinski definition) is 4. The zero-order chi connectivity index (χ0) is 18.8. The average Bonchev–Trinajstić information content (AvgIpc) is 3.05. The Kier molecular flexibility index (Phi) is 5.44. The van der Waals surface area contributed by atoms with Gasteiger partial charge >= 0.3 is 0 Å². The van der Waals surface area contributed by atoms with Crippen LogP contribution in [0.2, 0.25) is 10.0 Å². The SMILES string of the molecule is Cc1nc2ncnn2c(C)c1CCC(=O)N[C@@H](C)c1ccc(Cl)c(Cl)c1. The fourth-order valence-corrected chi connectivity index (χ4v) is 3.24. The van der Waals surface area contributed by atoms with Crippen LogP contribution in [0.4, 0.5) is 0 Å². The van der Waals surface area contributed by atoms with Crippen LogP contribution in [0.3, 0.4) is 0 Å². The van der Waals surface area contributed by atoms with Gasteiger partial charge in [-0.2, -0.15) is 10.1 Å². The van der Waals surface area contributed by atoms with Gasteiger partial charge in [0.1, 0.15) is 6.33 Å². The standard InChI is InChI=1S/C18H19Cl2N5O/c1-10(13-4-6-15(19)16(20)8-13)23-17(26)7-5-14-11(2)24-18-21-9-22-25(18)12(14)3/h4,6,8-10H,5,7H2,1-3H3,(H,23,26)/t10-/m0/s1. The molecule has 3 rings (SSSR count). The molecular weight excluding hydrogens is 373 g/mol. The van der Waals surface area contributed by atoms with E-state index in [2.05, 4.69) is 20.4 Å². The van der Waals surface area contributed by atoms with Gasteiger partial charge in [-0.3, -0.25) is 4.79 Å². The molecule has 1 amide bonds. The zero-order valence-corrected chi connectivity index (χ0v) is 16.3. The minimum absolute atomic E-state index is 0.0407. The lowest BCUT2D eigenvalue weighted by Crippen LogP contribution is -2.27. The van der Waals surface area contributed by atoms with Crippen LogP contribution in [0.1, 0.15) is 41.9 Å². The maximum absolute atomic E-state index is 12.4. The first kappa shape index (κ1) is 18.6. The van der Waals surface area contributed by atoms with Crippen LogP contribution in [0.25, 0.3) is 5.78 Å². The molecule has 1 N–H and O–H groups in total. The first-order valence-electron chi connectivity index (χ1n) is 8.27. The quantitative estimate of drug-likeness (QED) is 0.716. The van der Waals surface area contributed by atoms with Gasteiger partial charge < -0.3 is 5.32 Å². The minimum Gasteiger partial charge on any atom is -0.350 e. The molecule has 0 bridgehead atoms. The van der Waals surface area contributed by atoms with Gasteiger partial charge in [-0.15, -0.1) is 0 Å². The van der Waals surface area contributed by atoms with E-state index in [1.54, 1.807) is 16.6 Å². The largest absolute Gasteiger partial charge is 0.350 e. The molecule has 8 heteroatoms. The highest BCUT2D eigenvalue weighted by Gasteiger charge is 2.15. The highest BCUT2D eigenvalue weighted by atomic mass is 35.5. The van der Waals surface area contributed by atoms with Crippen LogP contribution in [-0.4, -0.2) is 25.5 Å². The second kappa shape index (κ2) is 7.60. The number of carbonyl (C=O) groups excluding carboxylic acids is 1. The number of benzene rings is 1. The van der Waals surface area contributed by atoms with Crippen molar-refractivity contribution in [1.29, 1.82) is 0 Å². The van der Waals surface area contributed by atoms with Gasteiger partial charge in [0.25, 0.3) is 5.78 Å². The highest BCUT2D eigenvalue weighted by molar-refractivity contribution is 6.42. The lowest BCUT2D eigenvalue weighted by Gasteiger charge is -2.16. The van der Waals surface area contributed by atoms with Gasteiger partial charge in [0.05, 0.1) is 16.1 Å². The summed E-state index contributed by atoms with van der Waals surface area (Å²) in [6, 6.07) is 5.20. The molecule has 0 fully saturated rings. The van der Waals surface area contributed by atoms with Gasteiger partial charge in [0.15, 0.2) is 0 Å². The summed E-state index contributed by atoms with van der Waals surface area (Å²) in [4.78, 5) is 20.9. The molecule has 1 atom stereocenters. The second-order valence-electron chi connectivity index (χ2n) is 6.20. The fraction of sp³-hybridized carbons (Fsp3) is 0.333. The van der Waals surface area contributed by atoms with Crippen LogP contribution in [0, 0.1) is 13.8 Å².